The minimum atomic E-state index is -1.26. The number of carboxylic acid groups (broad SMARTS) is 2. The largest absolute Gasteiger partial charge is 0.507 e. The molecular formula is C23H25ClN2O5S. The Morgan fingerprint density at radius 3 is 2.31 bits per heavy atom. The average Bonchev–Trinajstić information content (AvgIpc) is 2.91. The van der Waals surface area contributed by atoms with Gasteiger partial charge in [-0.1, -0.05) is 41.6 Å². The number of phenols is 1. The van der Waals surface area contributed by atoms with Crippen molar-refractivity contribution in [1.82, 2.24) is 9.80 Å². The number of hydrogen-bond acceptors (Lipinski definition) is 6. The van der Waals surface area contributed by atoms with Crippen LogP contribution in [0.3, 0.4) is 0 Å². The highest BCUT2D eigenvalue weighted by molar-refractivity contribution is 7.99. The number of carbonyl (C=O) groups is 2. The van der Waals surface area contributed by atoms with Gasteiger partial charge in [-0.3, -0.25) is 4.90 Å². The molecule has 3 N–H and O–H groups in total. The zero-order valence-corrected chi connectivity index (χ0v) is 19.1. The summed E-state index contributed by atoms with van der Waals surface area (Å²) in [5.41, 5.74) is 2.50. The Labute approximate surface area is 195 Å². The molecule has 0 aromatic heterocycles. The maximum atomic E-state index is 10.5. The molecule has 2 aliphatic rings. The second kappa shape index (κ2) is 10.9. The lowest BCUT2D eigenvalue weighted by Gasteiger charge is -2.38. The van der Waals surface area contributed by atoms with Gasteiger partial charge in [-0.05, 0) is 42.8 Å². The van der Waals surface area contributed by atoms with Gasteiger partial charge in [-0.2, -0.15) is 0 Å². The molecule has 0 aliphatic carbocycles. The first kappa shape index (κ1) is 24.1. The summed E-state index contributed by atoms with van der Waals surface area (Å²) >= 11 is 7.94. The topological polar surface area (TPSA) is 101 Å². The molecular weight excluding hydrogens is 452 g/mol. The summed E-state index contributed by atoms with van der Waals surface area (Å²) in [5, 5.41) is 26.7. The number of hydrogen-bond donors (Lipinski definition) is 3. The highest BCUT2D eigenvalue weighted by atomic mass is 35.5. The quantitative estimate of drug-likeness (QED) is 0.576. The fourth-order valence-corrected chi connectivity index (χ4v) is 5.11. The van der Waals surface area contributed by atoms with Crippen molar-refractivity contribution >= 4 is 35.3 Å². The van der Waals surface area contributed by atoms with Crippen LogP contribution in [-0.4, -0.2) is 70.3 Å². The van der Waals surface area contributed by atoms with E-state index in [4.69, 9.17) is 21.8 Å². The molecule has 1 atom stereocenters. The van der Waals surface area contributed by atoms with Gasteiger partial charge in [-0.15, -0.1) is 0 Å². The molecule has 2 aromatic rings. The standard InChI is InChI=1S/C19H21ClN2OS.C4H4O4/c1-21-6-8-22(9-7-21)16-10-13-4-2-3-5-18(13)24-19-15(16)11-14(20)12-17(19)23;5-3(6)1-2-4(7)8/h2-5,11-12,16,23H,6-10H2,1H3;1-2H,(H,5,6)(H,7,8)/b;2-1-. The summed E-state index contributed by atoms with van der Waals surface area (Å²) in [6.07, 6.45) is 2.07. The molecule has 0 saturated carbocycles. The smallest absolute Gasteiger partial charge is 0.328 e. The predicted molar refractivity (Wildman–Crippen MR) is 124 cm³/mol. The van der Waals surface area contributed by atoms with Gasteiger partial charge in [0.25, 0.3) is 0 Å². The van der Waals surface area contributed by atoms with E-state index in [1.165, 1.54) is 10.5 Å². The summed E-state index contributed by atoms with van der Waals surface area (Å²) in [7, 11) is 2.17. The van der Waals surface area contributed by atoms with Crippen LogP contribution in [0.5, 0.6) is 5.75 Å². The summed E-state index contributed by atoms with van der Waals surface area (Å²) in [4.78, 5) is 26.2. The Bertz CT molecular complexity index is 1010. The number of aliphatic carboxylic acids is 2. The van der Waals surface area contributed by atoms with E-state index in [1.807, 2.05) is 6.07 Å². The van der Waals surface area contributed by atoms with Crippen molar-refractivity contribution in [3.63, 3.8) is 0 Å². The average molecular weight is 477 g/mol. The van der Waals surface area contributed by atoms with Crippen molar-refractivity contribution in [1.29, 1.82) is 0 Å². The molecule has 1 saturated heterocycles. The first-order valence-electron chi connectivity index (χ1n) is 10.1. The van der Waals surface area contributed by atoms with Gasteiger partial charge in [0.1, 0.15) is 5.75 Å². The number of benzene rings is 2. The SMILES string of the molecule is CN1CCN(C2Cc3ccccc3Sc3c(O)cc(Cl)cc32)CC1.O=C(O)/C=C\C(=O)O. The van der Waals surface area contributed by atoms with Gasteiger partial charge in [0, 0.05) is 54.3 Å². The number of carboxylic acids is 2. The van der Waals surface area contributed by atoms with Crippen molar-refractivity contribution in [2.75, 3.05) is 33.2 Å². The normalized spacial score (nSPS) is 18.8. The van der Waals surface area contributed by atoms with Crippen LogP contribution in [0.25, 0.3) is 0 Å². The van der Waals surface area contributed by atoms with E-state index < -0.39 is 11.9 Å². The second-order valence-corrected chi connectivity index (χ2v) is 9.11. The van der Waals surface area contributed by atoms with Gasteiger partial charge in [0.15, 0.2) is 0 Å². The molecule has 7 nitrogen and oxygen atoms in total. The van der Waals surface area contributed by atoms with Gasteiger partial charge in [0.2, 0.25) is 0 Å². The highest BCUT2D eigenvalue weighted by Crippen LogP contribution is 2.47. The van der Waals surface area contributed by atoms with Crippen molar-refractivity contribution in [2.24, 2.45) is 0 Å². The van der Waals surface area contributed by atoms with E-state index in [2.05, 4.69) is 41.1 Å². The minimum absolute atomic E-state index is 0.259. The number of fused-ring (bicyclic) bond motifs is 2. The third kappa shape index (κ3) is 6.26. The molecule has 4 rings (SSSR count). The van der Waals surface area contributed by atoms with Crippen LogP contribution in [0.15, 0.2) is 58.3 Å². The molecule has 1 unspecified atom stereocenters. The number of piperazine rings is 1. The minimum Gasteiger partial charge on any atom is -0.507 e. The van der Waals surface area contributed by atoms with Crippen LogP contribution in [0.1, 0.15) is 17.2 Å². The number of aromatic hydroxyl groups is 1. The van der Waals surface area contributed by atoms with Crippen molar-refractivity contribution in [2.45, 2.75) is 22.3 Å². The Morgan fingerprint density at radius 1 is 1.06 bits per heavy atom. The van der Waals surface area contributed by atoms with E-state index >= 15 is 0 Å². The van der Waals surface area contributed by atoms with Crippen LogP contribution in [0.4, 0.5) is 0 Å². The van der Waals surface area contributed by atoms with Crippen molar-refractivity contribution < 1.29 is 24.9 Å². The molecule has 170 valence electrons. The van der Waals surface area contributed by atoms with Gasteiger partial charge >= 0.3 is 11.9 Å². The van der Waals surface area contributed by atoms with Crippen LogP contribution >= 0.6 is 23.4 Å². The van der Waals surface area contributed by atoms with Crippen LogP contribution < -0.4 is 0 Å². The number of nitrogens with zero attached hydrogens (tertiary/aromatic N) is 2. The third-order valence-electron chi connectivity index (χ3n) is 5.37. The zero-order valence-electron chi connectivity index (χ0n) is 17.6. The Hall–Kier alpha value is -2.52. The monoisotopic (exact) mass is 476 g/mol. The molecule has 0 bridgehead atoms. The first-order valence-corrected chi connectivity index (χ1v) is 11.3. The fraction of sp³-hybridized carbons (Fsp3) is 0.304. The van der Waals surface area contributed by atoms with E-state index in [0.717, 1.165) is 43.1 Å². The Kier molecular flexibility index (Phi) is 8.20. The fourth-order valence-electron chi connectivity index (χ4n) is 3.76. The Morgan fingerprint density at radius 2 is 1.69 bits per heavy atom. The maximum Gasteiger partial charge on any atom is 0.328 e. The summed E-state index contributed by atoms with van der Waals surface area (Å²) < 4.78 is 0. The van der Waals surface area contributed by atoms with Crippen LogP contribution in [0, 0.1) is 0 Å². The van der Waals surface area contributed by atoms with E-state index in [9.17, 15) is 14.7 Å². The predicted octanol–water partition coefficient (Wildman–Crippen LogP) is 3.75. The third-order valence-corrected chi connectivity index (χ3v) is 6.85. The van der Waals surface area contributed by atoms with Crippen LogP contribution in [0.2, 0.25) is 5.02 Å². The Balaban J connectivity index is 0.000000312. The van der Waals surface area contributed by atoms with Crippen molar-refractivity contribution in [3.8, 4) is 5.75 Å². The van der Waals surface area contributed by atoms with Crippen molar-refractivity contribution in [3.05, 3.63) is 64.7 Å². The molecule has 9 heteroatoms. The lowest BCUT2D eigenvalue weighted by Crippen LogP contribution is -2.46. The van der Waals surface area contributed by atoms with E-state index in [0.29, 0.717) is 22.9 Å². The molecule has 2 aromatic carbocycles. The van der Waals surface area contributed by atoms with Gasteiger partial charge in [-0.25, -0.2) is 9.59 Å². The molecule has 2 aliphatic heterocycles. The lowest BCUT2D eigenvalue weighted by atomic mass is 9.96. The zero-order chi connectivity index (χ0) is 23.3. The summed E-state index contributed by atoms with van der Waals surface area (Å²) in [6.45, 7) is 4.24. The lowest BCUT2D eigenvalue weighted by molar-refractivity contribution is -0.134. The number of likely N-dealkylation sites (N-methyl/N-ethyl adjacent to an activating group) is 1. The highest BCUT2D eigenvalue weighted by Gasteiger charge is 2.30. The molecule has 1 fully saturated rings. The molecule has 32 heavy (non-hydrogen) atoms. The van der Waals surface area contributed by atoms with E-state index in [-0.39, 0.29) is 6.04 Å². The van der Waals surface area contributed by atoms with Gasteiger partial charge in [0.05, 0.1) is 4.90 Å². The number of phenolic OH excluding ortho intramolecular Hbond substituents is 1. The molecule has 2 heterocycles. The molecule has 0 amide bonds. The summed E-state index contributed by atoms with van der Waals surface area (Å²) in [6, 6.07) is 12.5. The number of rotatable bonds is 3. The second-order valence-electron chi connectivity index (χ2n) is 7.62. The molecule has 0 spiro atoms. The van der Waals surface area contributed by atoms with E-state index in [1.54, 1.807) is 17.8 Å². The molecule has 0 radical (unpaired) electrons. The van der Waals surface area contributed by atoms with Crippen LogP contribution in [-0.2, 0) is 16.0 Å². The first-order chi connectivity index (χ1) is 15.2. The summed E-state index contributed by atoms with van der Waals surface area (Å²) in [5.74, 6) is -2.22. The number of halogens is 1. The maximum absolute atomic E-state index is 10.5. The van der Waals surface area contributed by atoms with Gasteiger partial charge < -0.3 is 20.2 Å².